The summed E-state index contributed by atoms with van der Waals surface area (Å²) in [6.45, 7) is 16.3. The molecule has 0 saturated heterocycles. The Hall–Kier alpha value is -5.26. The molecule has 356 valence electrons. The van der Waals surface area contributed by atoms with Gasteiger partial charge in [0.25, 0.3) is 0 Å². The molecular weight excluding hydrogens is 916 g/mol. The highest BCUT2D eigenvalue weighted by atomic mass is 79.9. The van der Waals surface area contributed by atoms with Gasteiger partial charge in [0.05, 0.1) is 44.9 Å². The van der Waals surface area contributed by atoms with Crippen LogP contribution in [-0.2, 0) is 33.1 Å². The molecule has 2 heterocycles. The van der Waals surface area contributed by atoms with Gasteiger partial charge >= 0.3 is 32.3 Å². The van der Waals surface area contributed by atoms with E-state index in [4.69, 9.17) is 37.7 Å². The van der Waals surface area contributed by atoms with Gasteiger partial charge in [0, 0.05) is 24.0 Å². The van der Waals surface area contributed by atoms with Crippen LogP contribution in [0.15, 0.2) is 72.8 Å². The summed E-state index contributed by atoms with van der Waals surface area (Å²) in [7, 11) is -2.27. The SMILES string of the molecule is CCCCBr.CCOC(=O)CC1OB(O)c2cc(Oc3cccc(O)c3)cc(C)c21.CCOC(=O)CC1OB(O)c2cc(Oc3cccc(OCCCNC(=O)OC(C)(C)C)c3)cc(C)c21. The average molecular weight is 979 g/mol. The van der Waals surface area contributed by atoms with E-state index in [0.717, 1.165) is 27.6 Å². The maximum absolute atomic E-state index is 11.9. The lowest BCUT2D eigenvalue weighted by Crippen LogP contribution is -2.33. The molecule has 66 heavy (non-hydrogen) atoms. The summed E-state index contributed by atoms with van der Waals surface area (Å²) in [5.74, 6) is 2.08. The first-order valence-electron chi connectivity index (χ1n) is 22.1. The van der Waals surface area contributed by atoms with Crippen LogP contribution >= 0.6 is 15.9 Å². The number of carbonyl (C=O) groups excluding carboxylic acids is 3. The van der Waals surface area contributed by atoms with Gasteiger partial charge in [-0.05, 0) is 143 Å². The Morgan fingerprint density at radius 2 is 1.21 bits per heavy atom. The molecule has 0 aromatic heterocycles. The third-order valence-electron chi connectivity index (χ3n) is 9.70. The number of ether oxygens (including phenoxy) is 6. The zero-order chi connectivity index (χ0) is 48.4. The second-order valence-electron chi connectivity index (χ2n) is 16.3. The number of hydrogen-bond acceptors (Lipinski definition) is 14. The third kappa shape index (κ3) is 16.9. The Bertz CT molecular complexity index is 2220. The number of unbranched alkanes of at least 4 members (excludes halogenated alkanes) is 1. The molecule has 0 bridgehead atoms. The molecule has 0 radical (unpaired) electrons. The molecular formula is C48H62B2BrNO14. The number of phenols is 1. The Morgan fingerprint density at radius 3 is 1.67 bits per heavy atom. The van der Waals surface area contributed by atoms with Gasteiger partial charge in [-0.1, -0.05) is 41.4 Å². The largest absolute Gasteiger partial charge is 0.508 e. The standard InChI is InChI=1S/C26H34BNO8.C18H19BO6.C4H9Br/c1-6-32-23(29)16-22-24-17(2)13-20(15-21(24)27(31)36-22)34-19-10-7-9-18(14-19)33-12-8-11-28-25(30)35-26(3,4)5;1-3-23-17(21)10-16-18-11(2)7-14(9-15(18)19(22)25-16)24-13-6-4-5-12(20)8-13;1-2-3-4-5/h7,9-10,13-15,22,31H,6,8,11-12,16H2,1-5H3,(H,28,30);4-9,16,20,22H,3,10H2,1-2H3;2-4H2,1H3. The van der Waals surface area contributed by atoms with Crippen LogP contribution in [-0.4, -0.2) is 84.7 Å². The van der Waals surface area contributed by atoms with Crippen molar-refractivity contribution < 1.29 is 67.3 Å². The second-order valence-corrected chi connectivity index (χ2v) is 17.1. The van der Waals surface area contributed by atoms with Crippen molar-refractivity contribution in [2.24, 2.45) is 0 Å². The van der Waals surface area contributed by atoms with Crippen LogP contribution in [0.2, 0.25) is 0 Å². The summed E-state index contributed by atoms with van der Waals surface area (Å²) in [6, 6.07) is 20.7. The van der Waals surface area contributed by atoms with E-state index in [1.165, 1.54) is 18.9 Å². The van der Waals surface area contributed by atoms with Gasteiger partial charge in [-0.15, -0.1) is 0 Å². The molecule has 4 N–H and O–H groups in total. The van der Waals surface area contributed by atoms with E-state index < -0.39 is 38.1 Å². The number of alkyl carbamates (subject to hydrolysis) is 1. The number of rotatable bonds is 17. The summed E-state index contributed by atoms with van der Waals surface area (Å²) in [5.41, 5.74) is 3.86. The molecule has 18 heteroatoms. The molecule has 2 unspecified atom stereocenters. The number of benzene rings is 4. The van der Waals surface area contributed by atoms with Crippen LogP contribution in [0.4, 0.5) is 4.79 Å². The quantitative estimate of drug-likeness (QED) is 0.0260. The number of alkyl halides is 1. The van der Waals surface area contributed by atoms with E-state index >= 15 is 0 Å². The predicted molar refractivity (Wildman–Crippen MR) is 255 cm³/mol. The number of phenolic OH excluding ortho intramolecular Hbond substituents is 1. The summed E-state index contributed by atoms with van der Waals surface area (Å²) in [6.07, 6.45) is 1.73. The fraction of sp³-hybridized carbons (Fsp3) is 0.438. The van der Waals surface area contributed by atoms with Crippen molar-refractivity contribution in [1.29, 1.82) is 0 Å². The van der Waals surface area contributed by atoms with E-state index in [0.29, 0.717) is 72.5 Å². The molecule has 2 aliphatic rings. The van der Waals surface area contributed by atoms with Crippen LogP contribution in [0.25, 0.3) is 0 Å². The Morgan fingerprint density at radius 1 is 0.712 bits per heavy atom. The van der Waals surface area contributed by atoms with E-state index in [9.17, 15) is 29.5 Å². The van der Waals surface area contributed by atoms with Crippen LogP contribution in [0.3, 0.4) is 0 Å². The number of carbonyl (C=O) groups is 3. The van der Waals surface area contributed by atoms with Crippen LogP contribution < -0.4 is 30.5 Å². The lowest BCUT2D eigenvalue weighted by Gasteiger charge is -2.19. The normalized spacial score (nSPS) is 14.7. The number of nitrogens with one attached hydrogen (secondary N) is 1. The van der Waals surface area contributed by atoms with E-state index in [-0.39, 0.29) is 30.5 Å². The molecule has 0 aliphatic carbocycles. The van der Waals surface area contributed by atoms with E-state index in [1.54, 1.807) is 56.3 Å². The van der Waals surface area contributed by atoms with Gasteiger partial charge in [0.15, 0.2) is 0 Å². The van der Waals surface area contributed by atoms with Crippen LogP contribution in [0.5, 0.6) is 34.5 Å². The molecule has 1 amide bonds. The number of halogens is 1. The molecule has 2 atom stereocenters. The first-order chi connectivity index (χ1) is 31.4. The third-order valence-corrected chi connectivity index (χ3v) is 10.3. The minimum absolute atomic E-state index is 0.0334. The molecule has 4 aromatic rings. The summed E-state index contributed by atoms with van der Waals surface area (Å²) in [5, 5.41) is 34.0. The van der Waals surface area contributed by atoms with E-state index in [1.807, 2.05) is 58.9 Å². The smallest absolute Gasteiger partial charge is 0.492 e. The molecule has 2 aliphatic heterocycles. The monoisotopic (exact) mass is 977 g/mol. The van der Waals surface area contributed by atoms with Crippen molar-refractivity contribution in [2.45, 2.75) is 105 Å². The number of fused-ring (bicyclic) bond motifs is 2. The lowest BCUT2D eigenvalue weighted by atomic mass is 9.77. The van der Waals surface area contributed by atoms with Crippen molar-refractivity contribution >= 4 is 59.1 Å². The minimum Gasteiger partial charge on any atom is -0.508 e. The number of hydrogen-bond donors (Lipinski definition) is 4. The molecule has 0 saturated carbocycles. The molecule has 6 rings (SSSR count). The highest BCUT2D eigenvalue weighted by molar-refractivity contribution is 9.09. The molecule has 0 spiro atoms. The fourth-order valence-electron chi connectivity index (χ4n) is 6.97. The van der Waals surface area contributed by atoms with Crippen molar-refractivity contribution in [3.05, 3.63) is 95.1 Å². The van der Waals surface area contributed by atoms with Crippen molar-refractivity contribution in [2.75, 3.05) is 31.7 Å². The summed E-state index contributed by atoms with van der Waals surface area (Å²) >= 11 is 3.31. The Labute approximate surface area is 396 Å². The minimum atomic E-state index is -1.15. The Kier molecular flexibility index (Phi) is 21.2. The van der Waals surface area contributed by atoms with E-state index in [2.05, 4.69) is 28.2 Å². The average Bonchev–Trinajstić information content (AvgIpc) is 3.72. The number of aromatic hydroxyl groups is 1. The predicted octanol–water partition coefficient (Wildman–Crippen LogP) is 8.18. The van der Waals surface area contributed by atoms with Crippen LogP contribution in [0, 0.1) is 13.8 Å². The second kappa shape index (κ2) is 26.2. The molecule has 0 fully saturated rings. The van der Waals surface area contributed by atoms with Gasteiger partial charge < -0.3 is 58.2 Å². The number of aryl methyl sites for hydroxylation is 2. The molecule has 15 nitrogen and oxygen atoms in total. The Balaban J connectivity index is 0.000000275. The van der Waals surface area contributed by atoms with Gasteiger partial charge in [0.1, 0.15) is 40.1 Å². The first-order valence-corrected chi connectivity index (χ1v) is 23.2. The van der Waals surface area contributed by atoms with Crippen molar-refractivity contribution in [3.8, 4) is 34.5 Å². The van der Waals surface area contributed by atoms with Crippen LogP contribution in [0.1, 0.15) is 108 Å². The highest BCUT2D eigenvalue weighted by Gasteiger charge is 2.39. The number of amides is 1. The first kappa shape index (κ1) is 53.4. The van der Waals surface area contributed by atoms with Gasteiger partial charge in [-0.2, -0.15) is 0 Å². The van der Waals surface area contributed by atoms with Crippen molar-refractivity contribution in [3.63, 3.8) is 0 Å². The topological polar surface area (TPSA) is 198 Å². The highest BCUT2D eigenvalue weighted by Crippen LogP contribution is 2.35. The van der Waals surface area contributed by atoms with Gasteiger partial charge in [-0.3, -0.25) is 9.59 Å². The van der Waals surface area contributed by atoms with Gasteiger partial charge in [0.2, 0.25) is 0 Å². The maximum atomic E-state index is 11.9. The van der Waals surface area contributed by atoms with Crippen molar-refractivity contribution in [1.82, 2.24) is 5.32 Å². The zero-order valence-corrected chi connectivity index (χ0v) is 40.6. The maximum Gasteiger partial charge on any atom is 0.492 e. The fourth-order valence-corrected chi connectivity index (χ4v) is 7.53. The summed E-state index contributed by atoms with van der Waals surface area (Å²) < 4.78 is 43.8. The number of esters is 2. The lowest BCUT2D eigenvalue weighted by molar-refractivity contribution is -0.146. The zero-order valence-electron chi connectivity index (χ0n) is 39.0. The molecule has 4 aromatic carbocycles. The summed E-state index contributed by atoms with van der Waals surface area (Å²) in [4.78, 5) is 35.3. The van der Waals surface area contributed by atoms with Gasteiger partial charge in [-0.25, -0.2) is 4.79 Å².